The van der Waals surface area contributed by atoms with Gasteiger partial charge in [0.15, 0.2) is 0 Å². The van der Waals surface area contributed by atoms with E-state index in [1.807, 2.05) is 36.4 Å². The number of rotatable bonds is 5. The van der Waals surface area contributed by atoms with E-state index < -0.39 is 5.97 Å². The van der Waals surface area contributed by atoms with Gasteiger partial charge in [0.05, 0.1) is 11.7 Å². The lowest BCUT2D eigenvalue weighted by Gasteiger charge is -2.11. The fourth-order valence-electron chi connectivity index (χ4n) is 3.99. The normalized spacial score (nSPS) is 16.7. The molecule has 2 aromatic carbocycles. The lowest BCUT2D eigenvalue weighted by Crippen LogP contribution is -2.21. The van der Waals surface area contributed by atoms with Gasteiger partial charge in [0, 0.05) is 30.3 Å². The molecule has 0 saturated carbocycles. The van der Waals surface area contributed by atoms with E-state index in [9.17, 15) is 4.79 Å². The van der Waals surface area contributed by atoms with Crippen LogP contribution in [-0.2, 0) is 11.3 Å². The summed E-state index contributed by atoms with van der Waals surface area (Å²) in [6.45, 7) is 3.81. The molecule has 5 rings (SSSR count). The molecule has 29 heavy (non-hydrogen) atoms. The van der Waals surface area contributed by atoms with E-state index in [0.717, 1.165) is 43.3 Å². The summed E-state index contributed by atoms with van der Waals surface area (Å²) in [5, 5.41) is 9.08. The number of hydrogen-bond acceptors (Lipinski definition) is 5. The van der Waals surface area contributed by atoms with Crippen molar-refractivity contribution in [3.05, 3.63) is 59.8 Å². The van der Waals surface area contributed by atoms with Crippen LogP contribution in [0.25, 0.3) is 21.9 Å². The number of carbonyl (C=O) groups excluding carboxylic acids is 1. The summed E-state index contributed by atoms with van der Waals surface area (Å²) in [6, 6.07) is 13.0. The molecule has 0 radical (unpaired) electrons. The van der Waals surface area contributed by atoms with Crippen LogP contribution in [0.4, 0.5) is 0 Å². The molecule has 0 bridgehead atoms. The van der Waals surface area contributed by atoms with Crippen molar-refractivity contribution in [1.82, 2.24) is 19.7 Å². The SMILES string of the molecule is Cc1cn(CCC2CCCO2)c2cc(C(=O)On3nnc4ccccc43)ccc12. The van der Waals surface area contributed by atoms with Gasteiger partial charge in [0.1, 0.15) is 11.0 Å². The van der Waals surface area contributed by atoms with E-state index in [1.165, 1.54) is 10.4 Å². The second-order valence-corrected chi connectivity index (χ2v) is 7.49. The van der Waals surface area contributed by atoms with E-state index in [0.29, 0.717) is 22.7 Å². The number of aryl methyl sites for hydroxylation is 2. The third-order valence-corrected chi connectivity index (χ3v) is 5.52. The molecule has 7 nitrogen and oxygen atoms in total. The highest BCUT2D eigenvalue weighted by Gasteiger charge is 2.18. The van der Waals surface area contributed by atoms with Crippen molar-refractivity contribution < 1.29 is 14.4 Å². The number of ether oxygens (including phenoxy) is 1. The molecule has 7 heteroatoms. The average Bonchev–Trinajstić information content (AvgIpc) is 3.47. The Bertz CT molecular complexity index is 1190. The van der Waals surface area contributed by atoms with Crippen molar-refractivity contribution in [1.29, 1.82) is 0 Å². The van der Waals surface area contributed by atoms with Crippen LogP contribution in [0.2, 0.25) is 0 Å². The van der Waals surface area contributed by atoms with Gasteiger partial charge in [-0.1, -0.05) is 23.0 Å². The van der Waals surface area contributed by atoms with Crippen molar-refractivity contribution in [2.24, 2.45) is 0 Å². The molecule has 3 heterocycles. The molecule has 4 aromatic rings. The van der Waals surface area contributed by atoms with Crippen LogP contribution in [0.3, 0.4) is 0 Å². The highest BCUT2D eigenvalue weighted by Crippen LogP contribution is 2.24. The summed E-state index contributed by atoms with van der Waals surface area (Å²) in [5.41, 5.74) is 4.02. The number of benzene rings is 2. The van der Waals surface area contributed by atoms with Crippen LogP contribution in [0.1, 0.15) is 35.2 Å². The molecule has 1 saturated heterocycles. The quantitative estimate of drug-likeness (QED) is 0.488. The van der Waals surface area contributed by atoms with Crippen LogP contribution in [0, 0.1) is 6.92 Å². The molecule has 0 amide bonds. The minimum absolute atomic E-state index is 0.335. The standard InChI is InChI=1S/C22H22N4O3/c1-15-14-25(11-10-17-5-4-12-28-17)21-13-16(8-9-18(15)21)22(27)29-26-20-7-3-2-6-19(20)23-24-26/h2-3,6-9,13-14,17H,4-5,10-12H2,1H3. The second-order valence-electron chi connectivity index (χ2n) is 7.49. The van der Waals surface area contributed by atoms with Crippen LogP contribution in [0.15, 0.2) is 48.7 Å². The van der Waals surface area contributed by atoms with Gasteiger partial charge in [-0.3, -0.25) is 0 Å². The zero-order chi connectivity index (χ0) is 19.8. The fourth-order valence-corrected chi connectivity index (χ4v) is 3.99. The van der Waals surface area contributed by atoms with Crippen molar-refractivity contribution in [3.63, 3.8) is 0 Å². The fraction of sp³-hybridized carbons (Fsp3) is 0.318. The zero-order valence-electron chi connectivity index (χ0n) is 16.2. The maximum atomic E-state index is 12.7. The monoisotopic (exact) mass is 390 g/mol. The third kappa shape index (κ3) is 3.38. The van der Waals surface area contributed by atoms with Gasteiger partial charge < -0.3 is 14.1 Å². The first kappa shape index (κ1) is 17.9. The molecule has 148 valence electrons. The van der Waals surface area contributed by atoms with Crippen molar-refractivity contribution in [3.8, 4) is 0 Å². The molecule has 0 aliphatic carbocycles. The van der Waals surface area contributed by atoms with Gasteiger partial charge in [-0.25, -0.2) is 4.79 Å². The van der Waals surface area contributed by atoms with Gasteiger partial charge in [-0.05, 0) is 61.2 Å². The van der Waals surface area contributed by atoms with Crippen LogP contribution >= 0.6 is 0 Å². The summed E-state index contributed by atoms with van der Waals surface area (Å²) in [4.78, 5) is 19.4. The first-order chi connectivity index (χ1) is 14.2. The maximum absolute atomic E-state index is 12.7. The smallest absolute Gasteiger partial charge is 0.365 e. The van der Waals surface area contributed by atoms with Gasteiger partial charge in [0.25, 0.3) is 0 Å². The number of carbonyl (C=O) groups is 1. The summed E-state index contributed by atoms with van der Waals surface area (Å²) < 4.78 is 7.95. The van der Waals surface area contributed by atoms with E-state index in [2.05, 4.69) is 28.0 Å². The molecule has 0 N–H and O–H groups in total. The van der Waals surface area contributed by atoms with E-state index >= 15 is 0 Å². The Labute approximate surface area is 167 Å². The molecular weight excluding hydrogens is 368 g/mol. The molecule has 1 atom stereocenters. The Hall–Kier alpha value is -3.19. The molecule has 2 aromatic heterocycles. The van der Waals surface area contributed by atoms with Crippen molar-refractivity contribution in [2.45, 2.75) is 38.8 Å². The van der Waals surface area contributed by atoms with Gasteiger partial charge >= 0.3 is 5.97 Å². The van der Waals surface area contributed by atoms with Gasteiger partial charge in [-0.15, -0.1) is 5.10 Å². The highest BCUT2D eigenvalue weighted by molar-refractivity contribution is 5.96. The van der Waals surface area contributed by atoms with Crippen LogP contribution < -0.4 is 4.84 Å². The number of aromatic nitrogens is 4. The molecule has 1 aliphatic rings. The lowest BCUT2D eigenvalue weighted by atomic mass is 10.1. The number of nitrogens with zero attached hydrogens (tertiary/aromatic N) is 4. The van der Waals surface area contributed by atoms with Crippen molar-refractivity contribution >= 4 is 27.9 Å². The lowest BCUT2D eigenvalue weighted by molar-refractivity contribution is 0.0409. The summed E-state index contributed by atoms with van der Waals surface area (Å²) in [6.07, 6.45) is 5.72. The predicted octanol–water partition coefficient (Wildman–Crippen LogP) is 3.53. The molecule has 1 aliphatic heterocycles. The van der Waals surface area contributed by atoms with Gasteiger partial charge in [-0.2, -0.15) is 0 Å². The molecule has 1 unspecified atom stereocenters. The van der Waals surface area contributed by atoms with Crippen LogP contribution in [-0.4, -0.2) is 38.4 Å². The highest BCUT2D eigenvalue weighted by atomic mass is 16.7. The van der Waals surface area contributed by atoms with E-state index in [4.69, 9.17) is 9.57 Å². The minimum Gasteiger partial charge on any atom is -0.378 e. The molecule has 0 spiro atoms. The first-order valence-corrected chi connectivity index (χ1v) is 9.93. The van der Waals surface area contributed by atoms with Gasteiger partial charge in [0.2, 0.25) is 0 Å². The van der Waals surface area contributed by atoms with Crippen LogP contribution in [0.5, 0.6) is 0 Å². The zero-order valence-corrected chi connectivity index (χ0v) is 16.2. The van der Waals surface area contributed by atoms with E-state index in [-0.39, 0.29) is 0 Å². The minimum atomic E-state index is -0.466. The molecular formula is C22H22N4O3. The summed E-state index contributed by atoms with van der Waals surface area (Å²) in [7, 11) is 0. The topological polar surface area (TPSA) is 71.2 Å². The summed E-state index contributed by atoms with van der Waals surface area (Å²) >= 11 is 0. The third-order valence-electron chi connectivity index (χ3n) is 5.52. The Morgan fingerprint density at radius 2 is 2.14 bits per heavy atom. The average molecular weight is 390 g/mol. The Morgan fingerprint density at radius 3 is 3.00 bits per heavy atom. The maximum Gasteiger partial charge on any atom is 0.365 e. The number of fused-ring (bicyclic) bond motifs is 2. The van der Waals surface area contributed by atoms with Crippen molar-refractivity contribution in [2.75, 3.05) is 6.61 Å². The Kier molecular flexibility index (Phi) is 4.52. The number of hydrogen-bond donors (Lipinski definition) is 0. The summed E-state index contributed by atoms with van der Waals surface area (Å²) in [5.74, 6) is -0.466. The Morgan fingerprint density at radius 1 is 1.24 bits per heavy atom. The first-order valence-electron chi connectivity index (χ1n) is 9.93. The predicted molar refractivity (Wildman–Crippen MR) is 109 cm³/mol. The second kappa shape index (κ2) is 7.33. The Balaban J connectivity index is 1.40. The largest absolute Gasteiger partial charge is 0.378 e. The number of para-hydroxylation sites is 1. The van der Waals surface area contributed by atoms with E-state index in [1.54, 1.807) is 6.07 Å². The molecule has 1 fully saturated rings.